The highest BCUT2D eigenvalue weighted by molar-refractivity contribution is 7.88. The van der Waals surface area contributed by atoms with E-state index in [1.165, 1.54) is 16.9 Å². The van der Waals surface area contributed by atoms with E-state index in [1.807, 2.05) is 12.1 Å². The molecule has 2 amide bonds. The smallest absolute Gasteiger partial charge is 0.319 e. The molecular weight excluding hydrogens is 356 g/mol. The van der Waals surface area contributed by atoms with Crippen LogP contribution in [0.1, 0.15) is 12.8 Å². The van der Waals surface area contributed by atoms with E-state index in [1.54, 1.807) is 23.1 Å². The highest BCUT2D eigenvalue weighted by Gasteiger charge is 2.25. The standard InChI is InChI=1S/C16H22N6O3S/c1-26(24,25)21-8-2-3-13(10-21)9-18-16(23)20-14-4-6-15(7-5-14)22-12-17-11-19-22/h4-7,11-13H,2-3,8-10H2,1H3,(H2,18,20,23)/t13-/m0/s1. The third-order valence-corrected chi connectivity index (χ3v) is 5.58. The average Bonchev–Trinajstić information content (AvgIpc) is 3.15. The first kappa shape index (κ1) is 18.3. The van der Waals surface area contributed by atoms with E-state index in [0.29, 0.717) is 25.3 Å². The molecular formula is C16H22N6O3S. The Labute approximate surface area is 152 Å². The van der Waals surface area contributed by atoms with Gasteiger partial charge in [-0.15, -0.1) is 0 Å². The Morgan fingerprint density at radius 1 is 1.31 bits per heavy atom. The van der Waals surface area contributed by atoms with Gasteiger partial charge < -0.3 is 10.6 Å². The number of nitrogens with zero attached hydrogens (tertiary/aromatic N) is 4. The summed E-state index contributed by atoms with van der Waals surface area (Å²) >= 11 is 0. The van der Waals surface area contributed by atoms with Gasteiger partial charge in [-0.25, -0.2) is 27.2 Å². The maximum Gasteiger partial charge on any atom is 0.319 e. The van der Waals surface area contributed by atoms with E-state index >= 15 is 0 Å². The first-order valence-electron chi connectivity index (χ1n) is 8.37. The Morgan fingerprint density at radius 2 is 2.08 bits per heavy atom. The predicted molar refractivity (Wildman–Crippen MR) is 97.5 cm³/mol. The quantitative estimate of drug-likeness (QED) is 0.809. The molecule has 0 bridgehead atoms. The van der Waals surface area contributed by atoms with E-state index in [4.69, 9.17) is 0 Å². The lowest BCUT2D eigenvalue weighted by molar-refractivity contribution is 0.239. The second-order valence-corrected chi connectivity index (χ2v) is 8.33. The van der Waals surface area contributed by atoms with Gasteiger partial charge in [0.25, 0.3) is 0 Å². The van der Waals surface area contributed by atoms with Crippen LogP contribution in [0.15, 0.2) is 36.9 Å². The molecule has 1 aromatic carbocycles. The second-order valence-electron chi connectivity index (χ2n) is 6.35. The van der Waals surface area contributed by atoms with E-state index in [9.17, 15) is 13.2 Å². The molecule has 2 N–H and O–H groups in total. The number of hydrogen-bond acceptors (Lipinski definition) is 5. The normalized spacial score (nSPS) is 18.4. The maximum atomic E-state index is 12.1. The summed E-state index contributed by atoms with van der Waals surface area (Å²) < 4.78 is 26.4. The number of carbonyl (C=O) groups excluding carboxylic acids is 1. The molecule has 2 heterocycles. The van der Waals surface area contributed by atoms with Crippen molar-refractivity contribution in [3.63, 3.8) is 0 Å². The summed E-state index contributed by atoms with van der Waals surface area (Å²) in [4.78, 5) is 16.0. The molecule has 0 spiro atoms. The van der Waals surface area contributed by atoms with Gasteiger partial charge in [0.15, 0.2) is 0 Å². The van der Waals surface area contributed by atoms with Crippen LogP contribution in [0.2, 0.25) is 0 Å². The zero-order chi connectivity index (χ0) is 18.6. The Morgan fingerprint density at radius 3 is 2.73 bits per heavy atom. The van der Waals surface area contributed by atoms with E-state index in [0.717, 1.165) is 18.5 Å². The number of aromatic nitrogens is 3. The van der Waals surface area contributed by atoms with E-state index < -0.39 is 10.0 Å². The summed E-state index contributed by atoms with van der Waals surface area (Å²) in [7, 11) is -3.18. The number of hydrogen-bond donors (Lipinski definition) is 2. The van der Waals surface area contributed by atoms with Crippen molar-refractivity contribution in [3.8, 4) is 5.69 Å². The fourth-order valence-electron chi connectivity index (χ4n) is 2.95. The molecule has 3 rings (SSSR count). The maximum absolute atomic E-state index is 12.1. The number of piperidine rings is 1. The van der Waals surface area contributed by atoms with E-state index in [2.05, 4.69) is 20.7 Å². The summed E-state index contributed by atoms with van der Waals surface area (Å²) in [6, 6.07) is 6.91. The number of anilines is 1. The molecule has 10 heteroatoms. The minimum atomic E-state index is -3.18. The molecule has 1 aromatic heterocycles. The zero-order valence-electron chi connectivity index (χ0n) is 14.5. The molecule has 1 saturated heterocycles. The molecule has 140 valence electrons. The third-order valence-electron chi connectivity index (χ3n) is 4.31. The Bertz CT molecular complexity index is 835. The van der Waals surface area contributed by atoms with Gasteiger partial charge in [-0.1, -0.05) is 0 Å². The van der Waals surface area contributed by atoms with Gasteiger partial charge >= 0.3 is 6.03 Å². The van der Waals surface area contributed by atoms with Gasteiger partial charge in [-0.3, -0.25) is 0 Å². The third kappa shape index (κ3) is 4.79. The highest BCUT2D eigenvalue weighted by Crippen LogP contribution is 2.18. The lowest BCUT2D eigenvalue weighted by atomic mass is 10.00. The van der Waals surface area contributed by atoms with Gasteiger partial charge in [0.05, 0.1) is 11.9 Å². The molecule has 1 aliphatic rings. The molecule has 0 radical (unpaired) electrons. The van der Waals surface area contributed by atoms with Crippen LogP contribution in [-0.2, 0) is 10.0 Å². The molecule has 0 unspecified atom stereocenters. The fraction of sp³-hybridized carbons (Fsp3) is 0.438. The van der Waals surface area contributed by atoms with Crippen molar-refractivity contribution in [1.82, 2.24) is 24.4 Å². The van der Waals surface area contributed by atoms with Crippen molar-refractivity contribution in [2.45, 2.75) is 12.8 Å². The number of benzene rings is 1. The number of nitrogens with one attached hydrogen (secondary N) is 2. The van der Waals surface area contributed by atoms with E-state index in [-0.39, 0.29) is 11.9 Å². The predicted octanol–water partition coefficient (Wildman–Crippen LogP) is 1.06. The summed E-state index contributed by atoms with van der Waals surface area (Å²) in [5.74, 6) is 0.124. The van der Waals surface area contributed by atoms with Crippen LogP contribution in [0.25, 0.3) is 5.69 Å². The number of rotatable bonds is 5. The first-order valence-corrected chi connectivity index (χ1v) is 10.2. The van der Waals surface area contributed by atoms with Gasteiger partial charge in [-0.2, -0.15) is 5.10 Å². The SMILES string of the molecule is CS(=O)(=O)N1CCC[C@@H](CNC(=O)Nc2ccc(-n3cncn3)cc2)C1. The van der Waals surface area contributed by atoms with Gasteiger partial charge in [0, 0.05) is 25.3 Å². The van der Waals surface area contributed by atoms with Gasteiger partial charge in [-0.05, 0) is 43.0 Å². The summed E-state index contributed by atoms with van der Waals surface area (Å²) in [6.45, 7) is 1.44. The minimum absolute atomic E-state index is 0.124. The average molecular weight is 378 g/mol. The van der Waals surface area contributed by atoms with Crippen molar-refractivity contribution < 1.29 is 13.2 Å². The van der Waals surface area contributed by atoms with Crippen molar-refractivity contribution in [1.29, 1.82) is 0 Å². The van der Waals surface area contributed by atoms with Crippen LogP contribution in [0.4, 0.5) is 10.5 Å². The van der Waals surface area contributed by atoms with Crippen LogP contribution < -0.4 is 10.6 Å². The second kappa shape index (κ2) is 7.83. The van der Waals surface area contributed by atoms with Crippen LogP contribution in [0.3, 0.4) is 0 Å². The van der Waals surface area contributed by atoms with Crippen molar-refractivity contribution >= 4 is 21.7 Å². The molecule has 0 saturated carbocycles. The monoisotopic (exact) mass is 378 g/mol. The van der Waals surface area contributed by atoms with Crippen molar-refractivity contribution in [2.75, 3.05) is 31.2 Å². The molecule has 1 fully saturated rings. The summed E-state index contributed by atoms with van der Waals surface area (Å²) in [5.41, 5.74) is 1.50. The molecule has 2 aromatic rings. The fourth-order valence-corrected chi connectivity index (χ4v) is 3.89. The van der Waals surface area contributed by atoms with Crippen LogP contribution in [0, 0.1) is 5.92 Å². The molecule has 26 heavy (non-hydrogen) atoms. The van der Waals surface area contributed by atoms with Gasteiger partial charge in [0.1, 0.15) is 12.7 Å². The summed E-state index contributed by atoms with van der Waals surface area (Å²) in [5, 5.41) is 9.62. The Kier molecular flexibility index (Phi) is 5.52. The van der Waals surface area contributed by atoms with Crippen LogP contribution in [-0.4, -0.2) is 59.4 Å². The largest absolute Gasteiger partial charge is 0.338 e. The molecule has 1 atom stereocenters. The lowest BCUT2D eigenvalue weighted by Gasteiger charge is -2.30. The van der Waals surface area contributed by atoms with Crippen molar-refractivity contribution in [2.24, 2.45) is 5.92 Å². The number of carbonyl (C=O) groups is 1. The topological polar surface area (TPSA) is 109 Å². The number of urea groups is 1. The molecule has 9 nitrogen and oxygen atoms in total. The first-order chi connectivity index (χ1) is 12.4. The molecule has 0 aliphatic carbocycles. The number of sulfonamides is 1. The highest BCUT2D eigenvalue weighted by atomic mass is 32.2. The van der Waals surface area contributed by atoms with Crippen molar-refractivity contribution in [3.05, 3.63) is 36.9 Å². The lowest BCUT2D eigenvalue weighted by Crippen LogP contribution is -2.43. The van der Waals surface area contributed by atoms with Crippen LogP contribution >= 0.6 is 0 Å². The van der Waals surface area contributed by atoms with Gasteiger partial charge in [0.2, 0.25) is 10.0 Å². The molecule has 1 aliphatic heterocycles. The number of amides is 2. The zero-order valence-corrected chi connectivity index (χ0v) is 15.3. The Balaban J connectivity index is 1.48. The summed E-state index contributed by atoms with van der Waals surface area (Å²) in [6.07, 6.45) is 5.98. The minimum Gasteiger partial charge on any atom is -0.338 e. The Hall–Kier alpha value is -2.46. The van der Waals surface area contributed by atoms with Crippen LogP contribution in [0.5, 0.6) is 0 Å².